The van der Waals surface area contributed by atoms with Gasteiger partial charge in [0.25, 0.3) is 5.91 Å². The Morgan fingerprint density at radius 3 is 2.50 bits per heavy atom. The minimum Gasteiger partial charge on any atom is -0.344 e. The molecule has 0 atom stereocenters. The van der Waals surface area contributed by atoms with E-state index in [0.717, 1.165) is 22.9 Å². The van der Waals surface area contributed by atoms with Crippen molar-refractivity contribution in [2.45, 2.75) is 12.7 Å². The number of alkyl halides is 3. The highest BCUT2D eigenvalue weighted by Crippen LogP contribution is 2.39. The number of amides is 1. The predicted octanol–water partition coefficient (Wildman–Crippen LogP) is 6.00. The Hall–Kier alpha value is -3.11. The summed E-state index contributed by atoms with van der Waals surface area (Å²) in [7, 11) is 0. The van der Waals surface area contributed by atoms with Gasteiger partial charge in [-0.2, -0.15) is 13.2 Å². The zero-order valence-corrected chi connectivity index (χ0v) is 18.4. The number of halogens is 3. The lowest BCUT2D eigenvalue weighted by Crippen LogP contribution is -2.25. The minimum absolute atomic E-state index is 0.145. The van der Waals surface area contributed by atoms with Crippen LogP contribution in [-0.4, -0.2) is 22.1 Å². The van der Waals surface area contributed by atoms with Crippen LogP contribution in [0.2, 0.25) is 0 Å². The topological polar surface area (TPSA) is 66.9 Å². The average molecular weight is 475 g/mol. The first-order valence-electron chi connectivity index (χ1n) is 9.45. The molecule has 0 saturated carbocycles. The van der Waals surface area contributed by atoms with Crippen LogP contribution in [0.15, 0.2) is 60.0 Å². The third-order valence-corrected chi connectivity index (χ3v) is 5.89. The summed E-state index contributed by atoms with van der Waals surface area (Å²) in [6, 6.07) is 15.1. The van der Waals surface area contributed by atoms with Crippen molar-refractivity contribution in [1.29, 1.82) is 0 Å². The number of hydrogen-bond donors (Lipinski definition) is 2. The van der Waals surface area contributed by atoms with Gasteiger partial charge in [-0.1, -0.05) is 48.3 Å². The Labute approximate surface area is 190 Å². The van der Waals surface area contributed by atoms with Crippen LogP contribution < -0.4 is 10.0 Å². The Morgan fingerprint density at radius 2 is 1.84 bits per heavy atom. The third-order valence-electron chi connectivity index (χ3n) is 4.62. The number of carbonyl (C=O) groups excluding carboxylic acids is 1. The summed E-state index contributed by atoms with van der Waals surface area (Å²) >= 11 is 2.62. The Morgan fingerprint density at radius 1 is 1.06 bits per heavy atom. The van der Waals surface area contributed by atoms with Crippen molar-refractivity contribution >= 4 is 45.9 Å². The largest absolute Gasteiger partial charge is 0.418 e. The predicted molar refractivity (Wildman–Crippen MR) is 123 cm³/mol. The highest BCUT2D eigenvalue weighted by atomic mass is 32.2. The molecule has 4 rings (SSSR count). The summed E-state index contributed by atoms with van der Waals surface area (Å²) in [6.45, 7) is 0.238. The molecule has 4 aromatic rings. The van der Waals surface area contributed by atoms with Crippen molar-refractivity contribution in [1.82, 2.24) is 15.3 Å². The van der Waals surface area contributed by atoms with Gasteiger partial charge in [-0.3, -0.25) is 4.79 Å². The highest BCUT2D eigenvalue weighted by Gasteiger charge is 2.35. The second-order valence-corrected chi connectivity index (χ2v) is 8.39. The van der Waals surface area contributed by atoms with E-state index in [1.165, 1.54) is 11.3 Å². The van der Waals surface area contributed by atoms with Gasteiger partial charge in [0, 0.05) is 16.5 Å². The van der Waals surface area contributed by atoms with E-state index in [-0.39, 0.29) is 29.1 Å². The van der Waals surface area contributed by atoms with Crippen LogP contribution in [0.5, 0.6) is 0 Å². The molecule has 2 aromatic heterocycles. The van der Waals surface area contributed by atoms with E-state index in [4.69, 9.17) is 0 Å². The fourth-order valence-corrected chi connectivity index (χ4v) is 4.17. The van der Waals surface area contributed by atoms with E-state index in [0.29, 0.717) is 11.1 Å². The number of carbonyl (C=O) groups is 1. The highest BCUT2D eigenvalue weighted by molar-refractivity contribution is 7.99. The van der Waals surface area contributed by atoms with Crippen LogP contribution in [0.25, 0.3) is 22.0 Å². The van der Waals surface area contributed by atoms with Gasteiger partial charge >= 0.3 is 6.18 Å². The Kier molecular flexibility index (Phi) is 6.33. The van der Waals surface area contributed by atoms with E-state index in [9.17, 15) is 18.0 Å². The first-order valence-corrected chi connectivity index (χ1v) is 11.5. The van der Waals surface area contributed by atoms with E-state index in [1.54, 1.807) is 42.7 Å². The number of anilines is 1. The second kappa shape index (κ2) is 9.17. The number of rotatable bonds is 6. The van der Waals surface area contributed by atoms with Crippen molar-refractivity contribution < 1.29 is 18.0 Å². The van der Waals surface area contributed by atoms with Crippen molar-refractivity contribution in [3.8, 4) is 11.1 Å². The minimum atomic E-state index is -4.67. The van der Waals surface area contributed by atoms with E-state index in [2.05, 4.69) is 20.0 Å². The average Bonchev–Trinajstić information content (AvgIpc) is 3.30. The molecule has 10 heteroatoms. The molecule has 0 unspecified atom stereocenters. The van der Waals surface area contributed by atoms with Crippen LogP contribution in [0, 0.1) is 0 Å². The van der Waals surface area contributed by atoms with Crippen LogP contribution in [0.1, 0.15) is 21.1 Å². The van der Waals surface area contributed by atoms with E-state index >= 15 is 0 Å². The first-order chi connectivity index (χ1) is 15.4. The van der Waals surface area contributed by atoms with Gasteiger partial charge in [0.05, 0.1) is 17.6 Å². The molecule has 0 aliphatic carbocycles. The SMILES string of the molecule is CSNc1nc(C(=O)NCc2cccs2)nc2c(C(F)(F)F)cc(-c3ccccc3)cc12. The number of thiophene rings is 1. The number of hydrogen-bond acceptors (Lipinski definition) is 6. The fourth-order valence-electron chi connectivity index (χ4n) is 3.18. The van der Waals surface area contributed by atoms with Crippen molar-refractivity contribution in [2.75, 3.05) is 11.0 Å². The molecule has 2 N–H and O–H groups in total. The summed E-state index contributed by atoms with van der Waals surface area (Å²) in [5.41, 5.74) is -0.237. The van der Waals surface area contributed by atoms with Gasteiger partial charge in [-0.15, -0.1) is 11.3 Å². The molecule has 0 radical (unpaired) electrons. The molecule has 0 aliphatic rings. The maximum atomic E-state index is 14.0. The number of aromatic nitrogens is 2. The summed E-state index contributed by atoms with van der Waals surface area (Å²) in [5.74, 6) is -0.833. The lowest BCUT2D eigenvalue weighted by atomic mass is 9.99. The molecule has 0 spiro atoms. The zero-order chi connectivity index (χ0) is 22.7. The van der Waals surface area contributed by atoms with E-state index in [1.807, 2.05) is 17.5 Å². The number of benzene rings is 2. The van der Waals surface area contributed by atoms with Crippen LogP contribution >= 0.6 is 23.3 Å². The number of fused-ring (bicyclic) bond motifs is 1. The maximum absolute atomic E-state index is 14.0. The molecule has 1 amide bonds. The molecule has 164 valence electrons. The number of nitrogens with one attached hydrogen (secondary N) is 2. The summed E-state index contributed by atoms with van der Waals surface area (Å²) in [4.78, 5) is 21.8. The quantitative estimate of drug-likeness (QED) is 0.336. The van der Waals surface area contributed by atoms with Crippen LogP contribution in [0.4, 0.5) is 19.0 Å². The maximum Gasteiger partial charge on any atom is 0.418 e. The monoisotopic (exact) mass is 474 g/mol. The van der Waals surface area contributed by atoms with Gasteiger partial charge in [0.2, 0.25) is 5.82 Å². The number of nitrogens with zero attached hydrogens (tertiary/aromatic N) is 2. The molecule has 32 heavy (non-hydrogen) atoms. The smallest absolute Gasteiger partial charge is 0.344 e. The normalized spacial score (nSPS) is 11.5. The van der Waals surface area contributed by atoms with Crippen molar-refractivity contribution in [3.63, 3.8) is 0 Å². The lowest BCUT2D eigenvalue weighted by molar-refractivity contribution is -0.136. The van der Waals surface area contributed by atoms with Gasteiger partial charge in [0.15, 0.2) is 0 Å². The molecule has 0 saturated heterocycles. The Balaban J connectivity index is 1.85. The molecule has 0 aliphatic heterocycles. The summed E-state index contributed by atoms with van der Waals surface area (Å²) < 4.78 is 44.9. The first kappa shape index (κ1) is 22.1. The Bertz CT molecular complexity index is 1250. The van der Waals surface area contributed by atoms with Crippen LogP contribution in [0.3, 0.4) is 0 Å². The van der Waals surface area contributed by atoms with Crippen molar-refractivity contribution in [3.05, 3.63) is 76.2 Å². The summed E-state index contributed by atoms with van der Waals surface area (Å²) in [5, 5.41) is 4.71. The second-order valence-electron chi connectivity index (χ2n) is 6.75. The van der Waals surface area contributed by atoms with E-state index < -0.39 is 17.6 Å². The van der Waals surface area contributed by atoms with Crippen LogP contribution in [-0.2, 0) is 12.7 Å². The van der Waals surface area contributed by atoms with Gasteiger partial charge in [-0.05, 0) is 34.7 Å². The molecular weight excluding hydrogens is 457 g/mol. The molecule has 2 aromatic carbocycles. The zero-order valence-electron chi connectivity index (χ0n) is 16.7. The molecule has 5 nitrogen and oxygen atoms in total. The molecule has 0 bridgehead atoms. The molecule has 2 heterocycles. The lowest BCUT2D eigenvalue weighted by Gasteiger charge is -2.16. The van der Waals surface area contributed by atoms with Gasteiger partial charge in [-0.25, -0.2) is 9.97 Å². The van der Waals surface area contributed by atoms with Gasteiger partial charge in [0.1, 0.15) is 5.82 Å². The fraction of sp³-hybridized carbons (Fsp3) is 0.136. The standard InChI is InChI=1S/C22H17F3N4OS2/c1-31-29-19-16-10-14(13-6-3-2-4-7-13)11-17(22(23,24)25)18(16)27-20(28-19)21(30)26-12-15-8-5-9-32-15/h2-11H,12H2,1H3,(H,26,30)(H,27,28,29). The van der Waals surface area contributed by atoms with Crippen molar-refractivity contribution in [2.24, 2.45) is 0 Å². The molecular formula is C22H17F3N4OS2. The molecule has 0 fully saturated rings. The third kappa shape index (κ3) is 4.71. The summed E-state index contributed by atoms with van der Waals surface area (Å²) in [6.07, 6.45) is -2.95. The van der Waals surface area contributed by atoms with Gasteiger partial charge < -0.3 is 10.0 Å².